The van der Waals surface area contributed by atoms with Gasteiger partial charge >= 0.3 is 0 Å². The Hall–Kier alpha value is -2.04. The third-order valence-corrected chi connectivity index (χ3v) is 4.95. The molecule has 3 rings (SSSR count). The average molecular weight is 338 g/mol. The zero-order valence-corrected chi connectivity index (χ0v) is 14.9. The van der Waals surface area contributed by atoms with E-state index < -0.39 is 0 Å². The molecule has 2 aromatic carbocycles. The smallest absolute Gasteiger partial charge is 0.120 e. The van der Waals surface area contributed by atoms with Gasteiger partial charge in [-0.1, -0.05) is 61.5 Å². The highest BCUT2D eigenvalue weighted by Crippen LogP contribution is 2.25. The van der Waals surface area contributed by atoms with Gasteiger partial charge in [-0.25, -0.2) is 4.98 Å². The maximum Gasteiger partial charge on any atom is 0.120 e. The molecule has 1 N–H and O–H groups in total. The van der Waals surface area contributed by atoms with Crippen LogP contribution in [0.15, 0.2) is 59.6 Å². The number of imidazole rings is 1. The van der Waals surface area contributed by atoms with E-state index in [1.807, 2.05) is 13.0 Å². The van der Waals surface area contributed by atoms with E-state index in [-0.39, 0.29) is 6.61 Å². The van der Waals surface area contributed by atoms with E-state index in [0.29, 0.717) is 0 Å². The number of hydrogen-bond acceptors (Lipinski definition) is 3. The summed E-state index contributed by atoms with van der Waals surface area (Å²) in [7, 11) is 0. The van der Waals surface area contributed by atoms with Crippen LogP contribution in [0.25, 0.3) is 11.1 Å². The molecule has 0 radical (unpaired) electrons. The van der Waals surface area contributed by atoms with E-state index in [1.54, 1.807) is 11.8 Å². The summed E-state index contributed by atoms with van der Waals surface area (Å²) >= 11 is 1.68. The van der Waals surface area contributed by atoms with Crippen LogP contribution >= 0.6 is 11.8 Å². The summed E-state index contributed by atoms with van der Waals surface area (Å²) in [5.74, 6) is 1.90. The Morgan fingerprint density at radius 1 is 1.00 bits per heavy atom. The molecule has 124 valence electrons. The van der Waals surface area contributed by atoms with Crippen LogP contribution in [0.2, 0.25) is 0 Å². The standard InChI is InChI=1S/C20H22N2OS/c1-3-24-20-19(14-23)22(15(2)21-20)13-16-9-11-18(12-10-16)17-7-5-4-6-8-17/h4-12,23H,3,13-14H2,1-2H3. The minimum atomic E-state index is 0.0191. The molecular weight excluding hydrogens is 316 g/mol. The van der Waals surface area contributed by atoms with Crippen molar-refractivity contribution in [2.45, 2.75) is 32.0 Å². The minimum absolute atomic E-state index is 0.0191. The summed E-state index contributed by atoms with van der Waals surface area (Å²) in [6, 6.07) is 19.0. The van der Waals surface area contributed by atoms with E-state index in [1.165, 1.54) is 16.7 Å². The van der Waals surface area contributed by atoms with E-state index >= 15 is 0 Å². The summed E-state index contributed by atoms with van der Waals surface area (Å²) in [5, 5.41) is 10.7. The van der Waals surface area contributed by atoms with Crippen molar-refractivity contribution < 1.29 is 5.11 Å². The zero-order valence-electron chi connectivity index (χ0n) is 14.1. The van der Waals surface area contributed by atoms with Gasteiger partial charge in [0.05, 0.1) is 12.3 Å². The SMILES string of the molecule is CCSc1nc(C)n(Cc2ccc(-c3ccccc3)cc2)c1CO. The highest BCUT2D eigenvalue weighted by Gasteiger charge is 2.14. The van der Waals surface area contributed by atoms with E-state index in [0.717, 1.165) is 28.8 Å². The lowest BCUT2D eigenvalue weighted by Gasteiger charge is -2.10. The van der Waals surface area contributed by atoms with Crippen molar-refractivity contribution in [3.8, 4) is 11.1 Å². The van der Waals surface area contributed by atoms with Gasteiger partial charge in [0.2, 0.25) is 0 Å². The van der Waals surface area contributed by atoms with Crippen LogP contribution in [-0.4, -0.2) is 20.4 Å². The van der Waals surface area contributed by atoms with Gasteiger partial charge in [0.25, 0.3) is 0 Å². The molecule has 0 saturated heterocycles. The lowest BCUT2D eigenvalue weighted by Crippen LogP contribution is -2.06. The molecule has 3 aromatic rings. The van der Waals surface area contributed by atoms with Crippen LogP contribution in [0.3, 0.4) is 0 Å². The first kappa shape index (κ1) is 16.8. The van der Waals surface area contributed by atoms with Gasteiger partial charge in [-0.15, -0.1) is 11.8 Å². The molecule has 0 aliphatic carbocycles. The summed E-state index contributed by atoms with van der Waals surface area (Å²) < 4.78 is 2.11. The molecule has 0 atom stereocenters. The van der Waals surface area contributed by atoms with Crippen molar-refractivity contribution in [1.29, 1.82) is 0 Å². The molecule has 0 aliphatic heterocycles. The van der Waals surface area contributed by atoms with Gasteiger partial charge in [-0.05, 0) is 29.4 Å². The van der Waals surface area contributed by atoms with Gasteiger partial charge in [-0.2, -0.15) is 0 Å². The van der Waals surface area contributed by atoms with E-state index in [9.17, 15) is 5.11 Å². The number of hydrogen-bond donors (Lipinski definition) is 1. The molecular formula is C20H22N2OS. The van der Waals surface area contributed by atoms with Crippen molar-refractivity contribution in [2.24, 2.45) is 0 Å². The Labute approximate surface area is 147 Å². The number of nitrogens with zero attached hydrogens (tertiary/aromatic N) is 2. The third kappa shape index (κ3) is 3.55. The lowest BCUT2D eigenvalue weighted by molar-refractivity contribution is 0.268. The predicted octanol–water partition coefficient (Wildman–Crippen LogP) is 4.51. The van der Waals surface area contributed by atoms with Crippen molar-refractivity contribution in [3.63, 3.8) is 0 Å². The van der Waals surface area contributed by atoms with Crippen molar-refractivity contribution in [3.05, 3.63) is 71.7 Å². The summed E-state index contributed by atoms with van der Waals surface area (Å²) in [4.78, 5) is 4.60. The largest absolute Gasteiger partial charge is 0.390 e. The van der Waals surface area contributed by atoms with Gasteiger partial charge in [0, 0.05) is 6.54 Å². The number of rotatable bonds is 6. The molecule has 1 heterocycles. The molecule has 3 nitrogen and oxygen atoms in total. The van der Waals surface area contributed by atoms with Crippen LogP contribution in [0.5, 0.6) is 0 Å². The Kier molecular flexibility index (Phi) is 5.38. The van der Waals surface area contributed by atoms with Gasteiger partial charge in [0.1, 0.15) is 10.9 Å². The second kappa shape index (κ2) is 7.69. The molecule has 0 unspecified atom stereocenters. The molecule has 0 bridgehead atoms. The number of benzene rings is 2. The van der Waals surface area contributed by atoms with E-state index in [4.69, 9.17) is 0 Å². The van der Waals surface area contributed by atoms with Crippen LogP contribution in [0, 0.1) is 6.92 Å². The summed E-state index contributed by atoms with van der Waals surface area (Å²) in [5.41, 5.74) is 4.55. The fraction of sp³-hybridized carbons (Fsp3) is 0.250. The van der Waals surface area contributed by atoms with Crippen molar-refractivity contribution >= 4 is 11.8 Å². The first-order valence-corrected chi connectivity index (χ1v) is 9.15. The van der Waals surface area contributed by atoms with Crippen molar-refractivity contribution in [1.82, 2.24) is 9.55 Å². The first-order chi connectivity index (χ1) is 11.7. The predicted molar refractivity (Wildman–Crippen MR) is 100 cm³/mol. The second-order valence-corrected chi connectivity index (χ2v) is 6.90. The van der Waals surface area contributed by atoms with Crippen LogP contribution in [-0.2, 0) is 13.2 Å². The molecule has 0 amide bonds. The number of aryl methyl sites for hydroxylation is 1. The van der Waals surface area contributed by atoms with Gasteiger partial charge < -0.3 is 9.67 Å². The molecule has 24 heavy (non-hydrogen) atoms. The molecule has 0 saturated carbocycles. The van der Waals surface area contributed by atoms with Crippen LogP contribution in [0.1, 0.15) is 24.0 Å². The second-order valence-electron chi connectivity index (χ2n) is 5.65. The van der Waals surface area contributed by atoms with E-state index in [2.05, 4.69) is 65.0 Å². The number of aliphatic hydroxyl groups excluding tert-OH is 1. The van der Waals surface area contributed by atoms with Gasteiger partial charge in [0.15, 0.2) is 0 Å². The van der Waals surface area contributed by atoms with Gasteiger partial charge in [-0.3, -0.25) is 0 Å². The molecule has 4 heteroatoms. The Morgan fingerprint density at radius 3 is 2.29 bits per heavy atom. The monoisotopic (exact) mass is 338 g/mol. The number of aromatic nitrogens is 2. The quantitative estimate of drug-likeness (QED) is 0.672. The molecule has 1 aromatic heterocycles. The zero-order chi connectivity index (χ0) is 16.9. The Morgan fingerprint density at radius 2 is 1.67 bits per heavy atom. The maximum atomic E-state index is 9.74. The maximum absolute atomic E-state index is 9.74. The van der Waals surface area contributed by atoms with Crippen molar-refractivity contribution in [2.75, 3.05) is 5.75 Å². The minimum Gasteiger partial charge on any atom is -0.390 e. The third-order valence-electron chi connectivity index (χ3n) is 4.06. The Bertz CT molecular complexity index is 795. The first-order valence-electron chi connectivity index (χ1n) is 8.17. The normalized spacial score (nSPS) is 11.0. The Balaban J connectivity index is 1.84. The fourth-order valence-corrected chi connectivity index (χ4v) is 3.62. The van der Waals surface area contributed by atoms with Crippen LogP contribution in [0.4, 0.5) is 0 Å². The summed E-state index contributed by atoms with van der Waals surface area (Å²) in [6.07, 6.45) is 0. The molecule has 0 spiro atoms. The lowest BCUT2D eigenvalue weighted by atomic mass is 10.0. The number of thioether (sulfide) groups is 1. The average Bonchev–Trinajstić information content (AvgIpc) is 2.91. The number of aliphatic hydroxyl groups is 1. The summed E-state index contributed by atoms with van der Waals surface area (Å²) in [6.45, 7) is 4.85. The molecule has 0 fully saturated rings. The fourth-order valence-electron chi connectivity index (χ4n) is 2.81. The molecule has 0 aliphatic rings. The highest BCUT2D eigenvalue weighted by atomic mass is 32.2. The highest BCUT2D eigenvalue weighted by molar-refractivity contribution is 7.99. The van der Waals surface area contributed by atoms with Crippen LogP contribution < -0.4 is 0 Å². The topological polar surface area (TPSA) is 38.0 Å².